The summed E-state index contributed by atoms with van der Waals surface area (Å²) in [6.07, 6.45) is 10.4. The normalized spacial score (nSPS) is 18.2. The fourth-order valence-electron chi connectivity index (χ4n) is 7.11. The van der Waals surface area contributed by atoms with E-state index in [-0.39, 0.29) is 24.3 Å². The van der Waals surface area contributed by atoms with E-state index in [1.54, 1.807) is 6.20 Å². The Morgan fingerprint density at radius 3 is 2.60 bits per heavy atom. The van der Waals surface area contributed by atoms with Crippen LogP contribution < -0.4 is 16.0 Å². The molecule has 7 rings (SSSR count). The van der Waals surface area contributed by atoms with Crippen LogP contribution in [0.25, 0.3) is 22.2 Å². The number of hydrogen-bond donors (Lipinski definition) is 3. The highest BCUT2D eigenvalue weighted by atomic mass is 79.9. The fraction of sp³-hybridized carbons (Fsp3) is 0.375. The van der Waals surface area contributed by atoms with E-state index in [2.05, 4.69) is 47.5 Å². The molecule has 2 aromatic heterocycles. The van der Waals surface area contributed by atoms with Crippen LogP contribution in [0.15, 0.2) is 52.4 Å². The maximum atomic E-state index is 13.8. The number of amides is 3. The zero-order chi connectivity index (χ0) is 28.8. The van der Waals surface area contributed by atoms with Gasteiger partial charge in [0.05, 0.1) is 26.9 Å². The number of para-hydroxylation sites is 1. The van der Waals surface area contributed by atoms with E-state index in [0.29, 0.717) is 29.5 Å². The molecule has 216 valence electrons. The van der Waals surface area contributed by atoms with E-state index in [1.807, 2.05) is 36.4 Å². The lowest BCUT2D eigenvalue weighted by Gasteiger charge is -2.28. The summed E-state index contributed by atoms with van der Waals surface area (Å²) in [6, 6.07) is 13.8. The quantitative estimate of drug-likeness (QED) is 0.213. The molecule has 2 fully saturated rings. The summed E-state index contributed by atoms with van der Waals surface area (Å²) in [5.41, 5.74) is 4.55. The van der Waals surface area contributed by atoms with Crippen LogP contribution in [-0.2, 0) is 16.1 Å². The molecule has 0 bridgehead atoms. The van der Waals surface area contributed by atoms with E-state index in [4.69, 9.17) is 0 Å². The number of carbonyl (C=O) groups is 3. The number of carbonyl (C=O) groups excluding carboxylic acids is 3. The molecule has 2 saturated carbocycles. The molecule has 10 heteroatoms. The van der Waals surface area contributed by atoms with Crippen molar-refractivity contribution in [1.29, 1.82) is 0 Å². The summed E-state index contributed by atoms with van der Waals surface area (Å²) in [6.45, 7) is 0.175. The van der Waals surface area contributed by atoms with Crippen LogP contribution in [0.2, 0.25) is 0 Å². The Morgan fingerprint density at radius 2 is 1.83 bits per heavy atom. The molecule has 3 aliphatic rings. The number of hydrogen-bond acceptors (Lipinski definition) is 5. The third-order valence-electron chi connectivity index (χ3n) is 9.08. The number of anilines is 2. The Balaban J connectivity index is 1.29. The van der Waals surface area contributed by atoms with Gasteiger partial charge in [0, 0.05) is 16.5 Å². The molecule has 2 aromatic carbocycles. The minimum atomic E-state index is -0.994. The molecule has 3 heterocycles. The van der Waals surface area contributed by atoms with Crippen molar-refractivity contribution in [3.05, 3.63) is 63.6 Å². The van der Waals surface area contributed by atoms with Crippen molar-refractivity contribution in [2.75, 3.05) is 10.6 Å². The second-order valence-electron chi connectivity index (χ2n) is 11.7. The van der Waals surface area contributed by atoms with Gasteiger partial charge < -0.3 is 15.2 Å². The number of nitrogens with one attached hydrogen (secondary N) is 3. The molecule has 8 nitrogen and oxygen atoms in total. The molecule has 3 N–H and O–H groups in total. The third kappa shape index (κ3) is 4.84. The Morgan fingerprint density at radius 1 is 1.05 bits per heavy atom. The number of halogens is 1. The summed E-state index contributed by atoms with van der Waals surface area (Å²) < 4.78 is 2.92. The van der Waals surface area contributed by atoms with Gasteiger partial charge in [-0.25, -0.2) is 4.98 Å². The van der Waals surface area contributed by atoms with Gasteiger partial charge in [-0.3, -0.25) is 19.7 Å². The van der Waals surface area contributed by atoms with Crippen molar-refractivity contribution in [3.8, 4) is 11.3 Å². The van der Waals surface area contributed by atoms with Crippen LogP contribution in [0.4, 0.5) is 10.8 Å². The van der Waals surface area contributed by atoms with Gasteiger partial charge in [0.25, 0.3) is 11.8 Å². The highest BCUT2D eigenvalue weighted by Crippen LogP contribution is 2.46. The van der Waals surface area contributed by atoms with Crippen molar-refractivity contribution in [1.82, 2.24) is 14.9 Å². The van der Waals surface area contributed by atoms with Gasteiger partial charge in [-0.05, 0) is 71.3 Å². The van der Waals surface area contributed by atoms with Gasteiger partial charge in [0.1, 0.15) is 12.1 Å². The molecule has 0 saturated heterocycles. The lowest BCUT2D eigenvalue weighted by Crippen LogP contribution is -2.55. The monoisotopic (exact) mass is 645 g/mol. The Kier molecular flexibility index (Phi) is 7.14. The van der Waals surface area contributed by atoms with E-state index in [1.165, 1.54) is 36.2 Å². The van der Waals surface area contributed by atoms with Crippen LogP contribution >= 0.6 is 27.3 Å². The van der Waals surface area contributed by atoms with E-state index in [9.17, 15) is 14.4 Å². The van der Waals surface area contributed by atoms with Gasteiger partial charge in [0.15, 0.2) is 5.13 Å². The maximum absolute atomic E-state index is 13.8. The summed E-state index contributed by atoms with van der Waals surface area (Å²) in [4.78, 5) is 44.6. The molecule has 0 unspecified atom stereocenters. The largest absolute Gasteiger partial charge is 0.338 e. The summed E-state index contributed by atoms with van der Waals surface area (Å²) in [5.74, 6) is -0.212. The van der Waals surface area contributed by atoms with Crippen LogP contribution in [-0.4, -0.2) is 32.8 Å². The highest BCUT2D eigenvalue weighted by molar-refractivity contribution is 9.11. The van der Waals surface area contributed by atoms with E-state index in [0.717, 1.165) is 57.3 Å². The predicted octanol–water partition coefficient (Wildman–Crippen LogP) is 7.21. The molecule has 1 aliphatic heterocycles. The van der Waals surface area contributed by atoms with Gasteiger partial charge in [-0.15, -0.1) is 0 Å². The fourth-order valence-corrected chi connectivity index (χ4v) is 8.22. The first-order chi connectivity index (χ1) is 20.4. The molecular formula is C32H32BrN5O3S. The second-order valence-corrected chi connectivity index (χ2v) is 14.1. The molecule has 2 aliphatic carbocycles. The Bertz CT molecular complexity index is 1710. The Hall–Kier alpha value is -3.50. The average molecular weight is 647 g/mol. The van der Waals surface area contributed by atoms with Gasteiger partial charge in [-0.1, -0.05) is 67.7 Å². The lowest BCUT2D eigenvalue weighted by molar-refractivity contribution is -0.122. The first kappa shape index (κ1) is 27.3. The molecule has 42 heavy (non-hydrogen) atoms. The number of benzene rings is 2. The SMILES string of the molecule is O=C1Cn2c(c(C3CCCCC3)c3ccc(C(=O)NC4(C(=O)Nc5ncc(Br)s5)CCCC4)cc32)-c2ccccc2N1. The number of rotatable bonds is 5. The molecule has 0 atom stereocenters. The van der Waals surface area contributed by atoms with Gasteiger partial charge >= 0.3 is 0 Å². The Labute approximate surface area is 256 Å². The maximum Gasteiger partial charge on any atom is 0.252 e. The van der Waals surface area contributed by atoms with Crippen molar-refractivity contribution >= 4 is 66.7 Å². The molecule has 4 aromatic rings. The molecule has 0 radical (unpaired) electrons. The van der Waals surface area contributed by atoms with Crippen LogP contribution in [0, 0.1) is 0 Å². The van der Waals surface area contributed by atoms with E-state index >= 15 is 0 Å². The van der Waals surface area contributed by atoms with Gasteiger partial charge in [0.2, 0.25) is 5.91 Å². The van der Waals surface area contributed by atoms with E-state index < -0.39 is 5.54 Å². The summed E-state index contributed by atoms with van der Waals surface area (Å²) >= 11 is 4.73. The molecule has 0 spiro atoms. The molecule has 3 amide bonds. The summed E-state index contributed by atoms with van der Waals surface area (Å²) in [7, 11) is 0. The van der Waals surface area contributed by atoms with Crippen molar-refractivity contribution in [2.24, 2.45) is 0 Å². The first-order valence-electron chi connectivity index (χ1n) is 14.7. The van der Waals surface area contributed by atoms with Crippen molar-refractivity contribution in [2.45, 2.75) is 75.8 Å². The molecular weight excluding hydrogens is 614 g/mol. The predicted molar refractivity (Wildman–Crippen MR) is 169 cm³/mol. The third-order valence-corrected chi connectivity index (χ3v) is 10.5. The van der Waals surface area contributed by atoms with Crippen LogP contribution in [0.5, 0.6) is 0 Å². The number of aromatic nitrogens is 2. The van der Waals surface area contributed by atoms with Gasteiger partial charge in [-0.2, -0.15) is 0 Å². The lowest BCUT2D eigenvalue weighted by atomic mass is 9.81. The van der Waals surface area contributed by atoms with Crippen molar-refractivity contribution < 1.29 is 14.4 Å². The number of fused-ring (bicyclic) bond motifs is 5. The standard InChI is InChI=1S/C32H32BrN5O3S/c33-25-17-34-31(42-25)36-30(41)32(14-6-7-15-32)37-29(40)20-12-13-22-24(16-20)38-18-26(39)35-23-11-5-4-10-21(23)28(38)27(22)19-8-2-1-3-9-19/h4-5,10-13,16-17,19H,1-3,6-9,14-15,18H2,(H,35,39)(H,37,40)(H,34,36,41). The number of nitrogens with zero attached hydrogens (tertiary/aromatic N) is 2. The second kappa shape index (κ2) is 11.0. The van der Waals surface area contributed by atoms with Crippen LogP contribution in [0.1, 0.15) is 79.6 Å². The average Bonchev–Trinajstić information content (AvgIpc) is 3.69. The minimum Gasteiger partial charge on any atom is -0.338 e. The smallest absolute Gasteiger partial charge is 0.252 e. The highest BCUT2D eigenvalue weighted by Gasteiger charge is 2.43. The summed E-state index contributed by atoms with van der Waals surface area (Å²) in [5, 5.41) is 10.7. The van der Waals surface area contributed by atoms with Crippen LogP contribution in [0.3, 0.4) is 0 Å². The zero-order valence-electron chi connectivity index (χ0n) is 23.2. The van der Waals surface area contributed by atoms with Crippen molar-refractivity contribution in [3.63, 3.8) is 0 Å². The minimum absolute atomic E-state index is 0.0847. The zero-order valence-corrected chi connectivity index (χ0v) is 25.6. The first-order valence-corrected chi connectivity index (χ1v) is 16.3. The topological polar surface area (TPSA) is 105 Å². The number of thiazole rings is 1.